The number of hydrogen-bond donors (Lipinski definition) is 0. The predicted octanol–water partition coefficient (Wildman–Crippen LogP) is 14.0. The fourth-order valence-electron chi connectivity index (χ4n) is 8.81. The molecule has 2 aromatic heterocycles. The number of nitrogens with zero attached hydrogens (tertiary/aromatic N) is 1. The average molecular weight is 680 g/mol. The van der Waals surface area contributed by atoms with Crippen LogP contribution in [0.4, 0.5) is 17.1 Å². The molecule has 0 spiro atoms. The van der Waals surface area contributed by atoms with Gasteiger partial charge in [-0.2, -0.15) is 0 Å². The largest absolute Gasteiger partial charge is 0.456 e. The van der Waals surface area contributed by atoms with Gasteiger partial charge in [0.25, 0.3) is 0 Å². The Morgan fingerprint density at radius 3 is 1.75 bits per heavy atom. The molecule has 0 atom stereocenters. The third-order valence-electron chi connectivity index (χ3n) is 11.4. The van der Waals surface area contributed by atoms with Crippen LogP contribution in [-0.4, -0.2) is 0 Å². The van der Waals surface area contributed by atoms with E-state index in [9.17, 15) is 0 Å². The number of anilines is 3. The number of hydrogen-bond acceptors (Lipinski definition) is 3. The van der Waals surface area contributed by atoms with Crippen LogP contribution in [0.3, 0.4) is 0 Å². The zero-order valence-electron chi connectivity index (χ0n) is 29.1. The molecular formula is C50H33NO2. The molecule has 0 radical (unpaired) electrons. The highest BCUT2D eigenvalue weighted by Crippen LogP contribution is 2.55. The van der Waals surface area contributed by atoms with Gasteiger partial charge in [0.1, 0.15) is 16.7 Å². The van der Waals surface area contributed by atoms with Crippen LogP contribution in [0.15, 0.2) is 191 Å². The molecule has 8 aromatic carbocycles. The summed E-state index contributed by atoms with van der Waals surface area (Å²) in [5.74, 6) is 0. The third-order valence-corrected chi connectivity index (χ3v) is 11.4. The SMILES string of the molecule is CC1(c2cc(N(c3ccc(-c4ccccc4)cc3)c3cccc4c3oc3ccccc34)c3c(c2)oc2ccccc23)c2ccccc2-c2ccccc21. The summed E-state index contributed by atoms with van der Waals surface area (Å²) in [7, 11) is 0. The summed E-state index contributed by atoms with van der Waals surface area (Å²) in [5.41, 5.74) is 14.7. The summed E-state index contributed by atoms with van der Waals surface area (Å²) < 4.78 is 13.6. The maximum Gasteiger partial charge on any atom is 0.159 e. The van der Waals surface area contributed by atoms with Gasteiger partial charge in [0.15, 0.2) is 5.58 Å². The van der Waals surface area contributed by atoms with Gasteiger partial charge in [-0.1, -0.05) is 140 Å². The molecule has 11 rings (SSSR count). The summed E-state index contributed by atoms with van der Waals surface area (Å²) in [6, 6.07) is 65.0. The Labute approximate surface area is 307 Å². The summed E-state index contributed by atoms with van der Waals surface area (Å²) in [5, 5.41) is 4.32. The van der Waals surface area contributed by atoms with Crippen LogP contribution < -0.4 is 4.90 Å². The van der Waals surface area contributed by atoms with Crippen LogP contribution in [0.5, 0.6) is 0 Å². The lowest BCUT2D eigenvalue weighted by molar-refractivity contribution is 0.662. The topological polar surface area (TPSA) is 29.5 Å². The molecular weight excluding hydrogens is 647 g/mol. The van der Waals surface area contributed by atoms with Gasteiger partial charge >= 0.3 is 0 Å². The minimum atomic E-state index is -0.427. The van der Waals surface area contributed by atoms with Gasteiger partial charge < -0.3 is 13.7 Å². The molecule has 0 fully saturated rings. The van der Waals surface area contributed by atoms with Gasteiger partial charge in [0.2, 0.25) is 0 Å². The molecule has 1 aliphatic rings. The first-order chi connectivity index (χ1) is 26.2. The second-order valence-electron chi connectivity index (χ2n) is 14.2. The fourth-order valence-corrected chi connectivity index (χ4v) is 8.81. The lowest BCUT2D eigenvalue weighted by atomic mass is 9.74. The monoisotopic (exact) mass is 679 g/mol. The number of benzene rings is 8. The van der Waals surface area contributed by atoms with Crippen molar-refractivity contribution in [2.24, 2.45) is 0 Å². The number of rotatable bonds is 5. The van der Waals surface area contributed by atoms with E-state index in [1.54, 1.807) is 0 Å². The van der Waals surface area contributed by atoms with E-state index in [1.807, 2.05) is 12.1 Å². The van der Waals surface area contributed by atoms with E-state index in [1.165, 1.54) is 33.4 Å². The Morgan fingerprint density at radius 2 is 1.02 bits per heavy atom. The van der Waals surface area contributed by atoms with Crippen molar-refractivity contribution in [3.05, 3.63) is 199 Å². The Kier molecular flexibility index (Phi) is 6.38. The van der Waals surface area contributed by atoms with Crippen LogP contribution in [-0.2, 0) is 5.41 Å². The Morgan fingerprint density at radius 1 is 0.434 bits per heavy atom. The summed E-state index contributed by atoms with van der Waals surface area (Å²) in [4.78, 5) is 2.38. The van der Waals surface area contributed by atoms with Gasteiger partial charge in [0, 0.05) is 27.3 Å². The van der Waals surface area contributed by atoms with Crippen molar-refractivity contribution in [1.29, 1.82) is 0 Å². The predicted molar refractivity (Wildman–Crippen MR) is 219 cm³/mol. The Balaban J connectivity index is 1.24. The second kappa shape index (κ2) is 11.3. The Bertz CT molecular complexity index is 2980. The number of fused-ring (bicyclic) bond motifs is 9. The molecule has 10 aromatic rings. The molecule has 0 unspecified atom stereocenters. The van der Waals surface area contributed by atoms with Crippen LogP contribution in [0.2, 0.25) is 0 Å². The van der Waals surface area contributed by atoms with Crippen molar-refractivity contribution in [2.45, 2.75) is 12.3 Å². The lowest BCUT2D eigenvalue weighted by Gasteiger charge is -2.31. The third kappa shape index (κ3) is 4.34. The van der Waals surface area contributed by atoms with E-state index in [0.717, 1.165) is 66.5 Å². The molecule has 0 saturated carbocycles. The molecule has 0 aliphatic heterocycles. The zero-order chi connectivity index (χ0) is 35.1. The van der Waals surface area contributed by atoms with Crippen molar-refractivity contribution < 1.29 is 8.83 Å². The van der Waals surface area contributed by atoms with Gasteiger partial charge in [0.05, 0.1) is 16.8 Å². The van der Waals surface area contributed by atoms with Gasteiger partial charge in [-0.15, -0.1) is 0 Å². The quantitative estimate of drug-likeness (QED) is 0.181. The molecule has 3 heteroatoms. The molecule has 250 valence electrons. The molecule has 1 aliphatic carbocycles. The van der Waals surface area contributed by atoms with Crippen LogP contribution in [0, 0.1) is 0 Å². The number of furan rings is 2. The Hall–Kier alpha value is -6.84. The van der Waals surface area contributed by atoms with E-state index >= 15 is 0 Å². The molecule has 53 heavy (non-hydrogen) atoms. The molecule has 0 amide bonds. The van der Waals surface area contributed by atoms with E-state index in [-0.39, 0.29) is 0 Å². The molecule has 0 saturated heterocycles. The van der Waals surface area contributed by atoms with Crippen molar-refractivity contribution >= 4 is 60.9 Å². The minimum absolute atomic E-state index is 0.427. The molecule has 2 heterocycles. The van der Waals surface area contributed by atoms with Gasteiger partial charge in [-0.3, -0.25) is 0 Å². The van der Waals surface area contributed by atoms with Crippen molar-refractivity contribution in [2.75, 3.05) is 4.90 Å². The normalized spacial score (nSPS) is 13.2. The standard InChI is InChI=1S/C50H33NO2/c1-50(41-21-9-5-16-36(41)37-17-6-10-22-42(37)50)34-30-44(48-40-19-8-12-25-46(40)52-47(48)31-34)51(35-28-26-33(27-29-35)32-14-3-2-4-15-32)43-23-13-20-39-38-18-7-11-24-45(38)53-49(39)43/h2-31H,1H3. The lowest BCUT2D eigenvalue weighted by Crippen LogP contribution is -2.23. The maximum absolute atomic E-state index is 6.80. The molecule has 0 bridgehead atoms. The summed E-state index contributed by atoms with van der Waals surface area (Å²) in [6.07, 6.45) is 0. The van der Waals surface area contributed by atoms with Crippen LogP contribution in [0.1, 0.15) is 23.6 Å². The van der Waals surface area contributed by atoms with Crippen LogP contribution >= 0.6 is 0 Å². The highest BCUT2D eigenvalue weighted by molar-refractivity contribution is 6.16. The number of para-hydroxylation sites is 3. The summed E-state index contributed by atoms with van der Waals surface area (Å²) in [6.45, 7) is 2.37. The summed E-state index contributed by atoms with van der Waals surface area (Å²) >= 11 is 0. The van der Waals surface area contributed by atoms with E-state index in [4.69, 9.17) is 8.83 Å². The highest BCUT2D eigenvalue weighted by atomic mass is 16.3. The van der Waals surface area contributed by atoms with Crippen LogP contribution in [0.25, 0.3) is 66.1 Å². The van der Waals surface area contributed by atoms with E-state index in [2.05, 4.69) is 182 Å². The van der Waals surface area contributed by atoms with Crippen molar-refractivity contribution in [3.8, 4) is 22.3 Å². The maximum atomic E-state index is 6.80. The van der Waals surface area contributed by atoms with Gasteiger partial charge in [-0.05, 0) is 88.3 Å². The average Bonchev–Trinajstić information content (AvgIpc) is 3.88. The van der Waals surface area contributed by atoms with Crippen molar-refractivity contribution in [1.82, 2.24) is 0 Å². The fraction of sp³-hybridized carbons (Fsp3) is 0.0400. The zero-order valence-corrected chi connectivity index (χ0v) is 29.1. The molecule has 3 nitrogen and oxygen atoms in total. The first kappa shape index (κ1) is 29.8. The minimum Gasteiger partial charge on any atom is -0.456 e. The molecule has 0 N–H and O–H groups in total. The second-order valence-corrected chi connectivity index (χ2v) is 14.2. The smallest absolute Gasteiger partial charge is 0.159 e. The van der Waals surface area contributed by atoms with Crippen molar-refractivity contribution in [3.63, 3.8) is 0 Å². The van der Waals surface area contributed by atoms with E-state index < -0.39 is 5.41 Å². The van der Waals surface area contributed by atoms with E-state index in [0.29, 0.717) is 0 Å². The highest BCUT2D eigenvalue weighted by Gasteiger charge is 2.41. The first-order valence-corrected chi connectivity index (χ1v) is 18.2. The van der Waals surface area contributed by atoms with Gasteiger partial charge in [-0.25, -0.2) is 0 Å². The first-order valence-electron chi connectivity index (χ1n) is 18.2.